The fourth-order valence-corrected chi connectivity index (χ4v) is 0.591. The number of carbonyl (C=O) groups is 1. The Bertz CT molecular complexity index is 170. The summed E-state index contributed by atoms with van der Waals surface area (Å²) >= 11 is 0. The van der Waals surface area contributed by atoms with E-state index in [2.05, 4.69) is 0 Å². The lowest BCUT2D eigenvalue weighted by atomic mass is 10.2. The molecule has 0 aromatic heterocycles. The molecule has 1 nitrogen and oxygen atoms in total. The van der Waals surface area contributed by atoms with Gasteiger partial charge in [-0.2, -0.15) is 13.2 Å². The number of allylic oxidation sites excluding steroid dienone is 2. The van der Waals surface area contributed by atoms with Gasteiger partial charge in [0.05, 0.1) is 0 Å². The molecule has 4 heteroatoms. The van der Waals surface area contributed by atoms with Crippen LogP contribution in [0.15, 0.2) is 12.2 Å². The highest BCUT2D eigenvalue weighted by Gasteiger charge is 2.36. The van der Waals surface area contributed by atoms with Gasteiger partial charge in [0, 0.05) is 6.42 Å². The molecule has 0 N–H and O–H groups in total. The maximum Gasteiger partial charge on any atom is 0.450 e. The molecular formula is C8H11F3O. The Balaban J connectivity index is 3.72. The molecule has 0 heterocycles. The molecule has 0 amide bonds. The Kier molecular flexibility index (Phi) is 4.62. The number of hydrogen-bond acceptors (Lipinski definition) is 1. The Morgan fingerprint density at radius 1 is 1.33 bits per heavy atom. The van der Waals surface area contributed by atoms with Crippen molar-refractivity contribution in [3.63, 3.8) is 0 Å². The zero-order valence-electron chi connectivity index (χ0n) is 6.82. The summed E-state index contributed by atoms with van der Waals surface area (Å²) in [5, 5.41) is 0. The van der Waals surface area contributed by atoms with Crippen molar-refractivity contribution < 1.29 is 18.0 Å². The maximum absolute atomic E-state index is 11.6. The third-order valence-corrected chi connectivity index (χ3v) is 1.24. The lowest BCUT2D eigenvalue weighted by molar-refractivity contribution is -0.170. The van der Waals surface area contributed by atoms with Crippen LogP contribution >= 0.6 is 0 Å². The van der Waals surface area contributed by atoms with Crippen LogP contribution in [0.3, 0.4) is 0 Å². The minimum Gasteiger partial charge on any atom is -0.289 e. The molecule has 0 aromatic carbocycles. The highest BCUT2D eigenvalue weighted by molar-refractivity contribution is 5.85. The smallest absolute Gasteiger partial charge is 0.289 e. The summed E-state index contributed by atoms with van der Waals surface area (Å²) in [5.41, 5.74) is 0. The van der Waals surface area contributed by atoms with Crippen LogP contribution in [0.25, 0.3) is 0 Å². The van der Waals surface area contributed by atoms with E-state index < -0.39 is 18.4 Å². The Morgan fingerprint density at radius 2 is 1.92 bits per heavy atom. The number of ketones is 1. The van der Waals surface area contributed by atoms with Crippen LogP contribution in [-0.4, -0.2) is 12.0 Å². The van der Waals surface area contributed by atoms with Crippen molar-refractivity contribution in [2.24, 2.45) is 0 Å². The Labute approximate surface area is 69.3 Å². The molecule has 12 heavy (non-hydrogen) atoms. The molecule has 0 saturated carbocycles. The molecule has 0 bridgehead atoms. The van der Waals surface area contributed by atoms with Crippen LogP contribution in [-0.2, 0) is 4.79 Å². The first kappa shape index (κ1) is 11.2. The van der Waals surface area contributed by atoms with Crippen molar-refractivity contribution in [2.75, 3.05) is 0 Å². The molecule has 0 aliphatic carbocycles. The van der Waals surface area contributed by atoms with E-state index in [1.807, 2.05) is 6.92 Å². The van der Waals surface area contributed by atoms with Gasteiger partial charge in [-0.15, -0.1) is 0 Å². The number of hydrogen-bond donors (Lipinski definition) is 0. The summed E-state index contributed by atoms with van der Waals surface area (Å²) in [6, 6.07) is 0. The SMILES string of the molecule is CCC/C=C/CC(=O)C(F)(F)F. The van der Waals surface area contributed by atoms with Crippen LogP contribution in [0.4, 0.5) is 13.2 Å². The van der Waals surface area contributed by atoms with Gasteiger partial charge in [-0.3, -0.25) is 4.79 Å². The summed E-state index contributed by atoms with van der Waals surface area (Å²) in [4.78, 5) is 10.3. The van der Waals surface area contributed by atoms with E-state index in [-0.39, 0.29) is 0 Å². The van der Waals surface area contributed by atoms with Crippen molar-refractivity contribution in [2.45, 2.75) is 32.4 Å². The van der Waals surface area contributed by atoms with E-state index in [0.717, 1.165) is 6.42 Å². The van der Waals surface area contributed by atoms with Crippen LogP contribution in [0.1, 0.15) is 26.2 Å². The van der Waals surface area contributed by atoms with Gasteiger partial charge in [-0.25, -0.2) is 0 Å². The summed E-state index contributed by atoms with van der Waals surface area (Å²) in [5.74, 6) is -1.69. The topological polar surface area (TPSA) is 17.1 Å². The number of Topliss-reactive ketones (excluding diaryl/α,β-unsaturated/α-hetero) is 1. The predicted octanol–water partition coefficient (Wildman–Crippen LogP) is 2.86. The second kappa shape index (κ2) is 4.95. The van der Waals surface area contributed by atoms with Crippen molar-refractivity contribution in [3.05, 3.63) is 12.2 Å². The number of alkyl halides is 3. The van der Waals surface area contributed by atoms with Gasteiger partial charge in [0.25, 0.3) is 0 Å². The van der Waals surface area contributed by atoms with Gasteiger partial charge in [-0.1, -0.05) is 25.5 Å². The molecule has 0 fully saturated rings. The quantitative estimate of drug-likeness (QED) is 0.608. The molecule has 0 aliphatic heterocycles. The van der Waals surface area contributed by atoms with Crippen LogP contribution < -0.4 is 0 Å². The zero-order chi connectivity index (χ0) is 9.61. The first-order chi connectivity index (χ1) is 5.48. The van der Waals surface area contributed by atoms with E-state index >= 15 is 0 Å². The third kappa shape index (κ3) is 4.93. The molecule has 0 unspecified atom stereocenters. The molecule has 0 spiro atoms. The standard InChI is InChI=1S/C8H11F3O/c1-2-3-4-5-6-7(12)8(9,10)11/h4-5H,2-3,6H2,1H3/b5-4+. The second-order valence-corrected chi connectivity index (χ2v) is 2.39. The molecule has 0 radical (unpaired) electrons. The monoisotopic (exact) mass is 180 g/mol. The fraction of sp³-hybridized carbons (Fsp3) is 0.625. The van der Waals surface area contributed by atoms with Gasteiger partial charge in [0.1, 0.15) is 0 Å². The first-order valence-electron chi connectivity index (χ1n) is 3.73. The van der Waals surface area contributed by atoms with E-state index in [0.29, 0.717) is 6.42 Å². The lowest BCUT2D eigenvalue weighted by Crippen LogP contribution is -2.21. The van der Waals surface area contributed by atoms with Crippen molar-refractivity contribution in [3.8, 4) is 0 Å². The average Bonchev–Trinajstić information content (AvgIpc) is 1.96. The molecule has 0 aliphatic rings. The number of rotatable bonds is 4. The molecule has 70 valence electrons. The number of halogens is 3. The van der Waals surface area contributed by atoms with E-state index in [4.69, 9.17) is 0 Å². The van der Waals surface area contributed by atoms with Crippen molar-refractivity contribution >= 4 is 5.78 Å². The summed E-state index contributed by atoms with van der Waals surface area (Å²) in [6.07, 6.45) is -0.787. The van der Waals surface area contributed by atoms with Gasteiger partial charge in [0.2, 0.25) is 5.78 Å². The average molecular weight is 180 g/mol. The Hall–Kier alpha value is -0.800. The van der Waals surface area contributed by atoms with Gasteiger partial charge >= 0.3 is 6.18 Å². The van der Waals surface area contributed by atoms with Crippen LogP contribution in [0.5, 0.6) is 0 Å². The number of unbranched alkanes of at least 4 members (excludes halogenated alkanes) is 1. The van der Waals surface area contributed by atoms with Crippen LogP contribution in [0.2, 0.25) is 0 Å². The normalized spacial score (nSPS) is 12.3. The summed E-state index contributed by atoms with van der Waals surface area (Å²) in [6.45, 7) is 1.91. The molecule has 0 rings (SSSR count). The van der Waals surface area contributed by atoms with Gasteiger partial charge in [-0.05, 0) is 6.42 Å². The fourth-order valence-electron chi connectivity index (χ4n) is 0.591. The minimum atomic E-state index is -4.68. The van der Waals surface area contributed by atoms with Crippen molar-refractivity contribution in [1.29, 1.82) is 0 Å². The van der Waals surface area contributed by atoms with Gasteiger partial charge < -0.3 is 0 Å². The second-order valence-electron chi connectivity index (χ2n) is 2.39. The highest BCUT2D eigenvalue weighted by Crippen LogP contribution is 2.17. The third-order valence-electron chi connectivity index (χ3n) is 1.24. The summed E-state index contributed by atoms with van der Waals surface area (Å²) in [7, 11) is 0. The largest absolute Gasteiger partial charge is 0.450 e. The summed E-state index contributed by atoms with van der Waals surface area (Å²) < 4.78 is 34.7. The van der Waals surface area contributed by atoms with E-state index in [9.17, 15) is 18.0 Å². The minimum absolute atomic E-state index is 0.538. The van der Waals surface area contributed by atoms with E-state index in [1.165, 1.54) is 6.08 Å². The lowest BCUT2D eigenvalue weighted by Gasteiger charge is -2.00. The van der Waals surface area contributed by atoms with Crippen molar-refractivity contribution in [1.82, 2.24) is 0 Å². The van der Waals surface area contributed by atoms with Crippen LogP contribution in [0, 0.1) is 0 Å². The maximum atomic E-state index is 11.6. The van der Waals surface area contributed by atoms with E-state index in [1.54, 1.807) is 6.08 Å². The molecule has 0 atom stereocenters. The zero-order valence-corrected chi connectivity index (χ0v) is 6.82. The molecule has 0 aromatic rings. The Morgan fingerprint density at radius 3 is 2.33 bits per heavy atom. The first-order valence-corrected chi connectivity index (χ1v) is 3.73. The molecule has 0 saturated heterocycles. The molecular weight excluding hydrogens is 169 g/mol. The van der Waals surface area contributed by atoms with Gasteiger partial charge in [0.15, 0.2) is 0 Å². The highest BCUT2D eigenvalue weighted by atomic mass is 19.4. The number of carbonyl (C=O) groups excluding carboxylic acids is 1. The predicted molar refractivity (Wildman–Crippen MR) is 39.7 cm³/mol.